The number of benzene rings is 1. The van der Waals surface area contributed by atoms with Gasteiger partial charge in [-0.3, -0.25) is 0 Å². The van der Waals surface area contributed by atoms with Gasteiger partial charge >= 0.3 is 0 Å². The molecule has 31 heavy (non-hydrogen) atoms. The van der Waals surface area contributed by atoms with Gasteiger partial charge in [0.05, 0.1) is 18.8 Å². The van der Waals surface area contributed by atoms with Crippen molar-refractivity contribution < 1.29 is 14.6 Å². The molecule has 1 aliphatic heterocycles. The molecule has 0 radical (unpaired) electrons. The van der Waals surface area contributed by atoms with Gasteiger partial charge in [0, 0.05) is 37.0 Å². The largest absolute Gasteiger partial charge is 0.491 e. The smallest absolute Gasteiger partial charge is 0.164 e. The topological polar surface area (TPSA) is 130 Å². The van der Waals surface area contributed by atoms with Gasteiger partial charge in [-0.15, -0.1) is 0 Å². The summed E-state index contributed by atoms with van der Waals surface area (Å²) >= 11 is 0. The quantitative estimate of drug-likeness (QED) is 0.469. The fraction of sp³-hybridized carbons (Fsp3) is 0.500. The molecule has 3 rings (SSSR count). The van der Waals surface area contributed by atoms with E-state index >= 15 is 0 Å². The summed E-state index contributed by atoms with van der Waals surface area (Å²) in [5.41, 5.74) is 6.64. The van der Waals surface area contributed by atoms with Crippen molar-refractivity contribution in [1.82, 2.24) is 9.97 Å². The Morgan fingerprint density at radius 3 is 2.71 bits per heavy atom. The molecule has 1 saturated heterocycles. The number of nitrogens with one attached hydrogen (secondary N) is 2. The Hall–Kier alpha value is -2.75. The molecule has 5 N–H and O–H groups in total. The van der Waals surface area contributed by atoms with E-state index in [1.807, 2.05) is 45.0 Å². The van der Waals surface area contributed by atoms with Gasteiger partial charge in [-0.05, 0) is 32.9 Å². The van der Waals surface area contributed by atoms with Crippen LogP contribution < -0.4 is 20.7 Å². The highest BCUT2D eigenvalue weighted by Gasteiger charge is 2.23. The minimum atomic E-state index is -0.720. The van der Waals surface area contributed by atoms with E-state index in [0.717, 1.165) is 5.56 Å². The molecule has 1 fully saturated rings. The maximum absolute atomic E-state index is 9.67. The van der Waals surface area contributed by atoms with Crippen molar-refractivity contribution >= 4 is 17.9 Å². The zero-order valence-corrected chi connectivity index (χ0v) is 18.4. The molecule has 0 saturated carbocycles. The monoisotopic (exact) mass is 428 g/mol. The van der Waals surface area contributed by atoms with Gasteiger partial charge < -0.3 is 35.9 Å². The van der Waals surface area contributed by atoms with E-state index < -0.39 is 6.10 Å². The van der Waals surface area contributed by atoms with Crippen LogP contribution in [0.4, 0.5) is 11.6 Å². The van der Waals surface area contributed by atoms with Crippen molar-refractivity contribution in [3.63, 3.8) is 0 Å². The summed E-state index contributed by atoms with van der Waals surface area (Å²) in [6.07, 6.45) is 0.582. The van der Waals surface area contributed by atoms with Crippen LogP contribution in [0.25, 0.3) is 11.4 Å². The predicted molar refractivity (Wildman–Crippen MR) is 122 cm³/mol. The Morgan fingerprint density at radius 2 is 2.06 bits per heavy atom. The fourth-order valence-electron chi connectivity index (χ4n) is 3.17. The molecule has 2 aromatic rings. The second kappa shape index (κ2) is 10.0. The number of nitrogens with zero attached hydrogens (tertiary/aromatic N) is 3. The Labute approximate surface area is 183 Å². The highest BCUT2D eigenvalue weighted by molar-refractivity contribution is 5.92. The van der Waals surface area contributed by atoms with Crippen LogP contribution >= 0.6 is 0 Å². The first-order valence-corrected chi connectivity index (χ1v) is 10.5. The highest BCUT2D eigenvalue weighted by atomic mass is 16.5. The minimum absolute atomic E-state index is 0.114. The predicted octanol–water partition coefficient (Wildman–Crippen LogP) is 1.89. The number of morpholine rings is 1. The van der Waals surface area contributed by atoms with Gasteiger partial charge in [0.25, 0.3) is 0 Å². The lowest BCUT2D eigenvalue weighted by molar-refractivity contribution is 0.114. The minimum Gasteiger partial charge on any atom is -0.491 e. The Balaban J connectivity index is 2.03. The van der Waals surface area contributed by atoms with Crippen LogP contribution in [0, 0.1) is 5.41 Å². The molecule has 9 nitrogen and oxygen atoms in total. The van der Waals surface area contributed by atoms with Crippen LogP contribution in [0.1, 0.15) is 26.3 Å². The number of nitrogens with two attached hydrogens (primary N) is 1. The molecule has 2 heterocycles. The van der Waals surface area contributed by atoms with Crippen LogP contribution in [0.3, 0.4) is 0 Å². The van der Waals surface area contributed by atoms with Crippen molar-refractivity contribution in [3.8, 4) is 17.1 Å². The van der Waals surface area contributed by atoms with E-state index in [-0.39, 0.29) is 18.7 Å². The summed E-state index contributed by atoms with van der Waals surface area (Å²) in [6, 6.07) is 7.43. The number of hydrogen-bond acceptors (Lipinski definition) is 9. The normalized spacial score (nSPS) is 15.5. The van der Waals surface area contributed by atoms with E-state index in [4.69, 9.17) is 30.6 Å². The SMILES string of the molecule is CC(C)(C)Nc1nc(-c2cccc(OCC(O)CN)c2)nc(N2CCOCC2)c1C=N. The van der Waals surface area contributed by atoms with Crippen LogP contribution in [-0.2, 0) is 4.74 Å². The van der Waals surface area contributed by atoms with Gasteiger partial charge in [-0.1, -0.05) is 12.1 Å². The molecule has 1 aliphatic rings. The Morgan fingerprint density at radius 1 is 1.32 bits per heavy atom. The zero-order chi connectivity index (χ0) is 22.4. The lowest BCUT2D eigenvalue weighted by Gasteiger charge is -2.31. The van der Waals surface area contributed by atoms with Crippen LogP contribution in [0.15, 0.2) is 24.3 Å². The zero-order valence-electron chi connectivity index (χ0n) is 18.4. The number of hydrogen-bond donors (Lipinski definition) is 4. The second-order valence-corrected chi connectivity index (χ2v) is 8.48. The number of aromatic nitrogens is 2. The van der Waals surface area contributed by atoms with Crippen molar-refractivity contribution in [2.24, 2.45) is 5.73 Å². The molecule has 1 atom stereocenters. The molecule has 0 bridgehead atoms. The first-order chi connectivity index (χ1) is 14.8. The summed E-state index contributed by atoms with van der Waals surface area (Å²) in [6.45, 7) is 9.04. The van der Waals surface area contributed by atoms with Crippen molar-refractivity contribution in [1.29, 1.82) is 5.41 Å². The van der Waals surface area contributed by atoms with Gasteiger partial charge in [0.2, 0.25) is 0 Å². The van der Waals surface area contributed by atoms with Crippen molar-refractivity contribution in [2.75, 3.05) is 49.7 Å². The van der Waals surface area contributed by atoms with Crippen LogP contribution in [0.5, 0.6) is 5.75 Å². The average molecular weight is 429 g/mol. The summed E-state index contributed by atoms with van der Waals surface area (Å²) in [5.74, 6) is 2.45. The lowest BCUT2D eigenvalue weighted by Crippen LogP contribution is -2.38. The van der Waals surface area contributed by atoms with Crippen LogP contribution in [-0.4, -0.2) is 72.4 Å². The molecular weight excluding hydrogens is 396 g/mol. The van der Waals surface area contributed by atoms with Gasteiger partial charge in [-0.2, -0.15) is 0 Å². The van der Waals surface area contributed by atoms with Gasteiger partial charge in [-0.25, -0.2) is 9.97 Å². The van der Waals surface area contributed by atoms with Crippen molar-refractivity contribution in [3.05, 3.63) is 29.8 Å². The van der Waals surface area contributed by atoms with Gasteiger partial charge in [0.15, 0.2) is 5.82 Å². The molecular formula is C22H32N6O3. The maximum atomic E-state index is 9.67. The van der Waals surface area contributed by atoms with Gasteiger partial charge in [0.1, 0.15) is 30.1 Å². The summed E-state index contributed by atoms with van der Waals surface area (Å²) < 4.78 is 11.1. The maximum Gasteiger partial charge on any atom is 0.164 e. The molecule has 168 valence electrons. The molecule has 1 aromatic carbocycles. The average Bonchev–Trinajstić information content (AvgIpc) is 2.76. The summed E-state index contributed by atoms with van der Waals surface area (Å²) in [5, 5.41) is 21.1. The first kappa shape index (κ1) is 22.9. The number of ether oxygens (including phenoxy) is 2. The standard InChI is InChI=1S/C22H32N6O3/c1-22(2,3)27-20-18(13-24)21(28-7-9-30-10-8-28)26-19(25-20)15-5-4-6-17(11-15)31-14-16(29)12-23/h4-6,11,13,16,24,29H,7-10,12,14,23H2,1-3H3,(H,25,26,27). The summed E-state index contributed by atoms with van der Waals surface area (Å²) in [4.78, 5) is 11.7. The third-order valence-corrected chi connectivity index (χ3v) is 4.68. The molecule has 0 aliphatic carbocycles. The van der Waals surface area contributed by atoms with Crippen molar-refractivity contribution in [2.45, 2.75) is 32.4 Å². The number of aliphatic hydroxyl groups excluding tert-OH is 1. The first-order valence-electron chi connectivity index (χ1n) is 10.5. The number of rotatable bonds is 8. The Bertz CT molecular complexity index is 893. The van der Waals surface area contributed by atoms with E-state index in [2.05, 4.69) is 10.2 Å². The summed E-state index contributed by atoms with van der Waals surface area (Å²) in [7, 11) is 0. The molecule has 0 amide bonds. The lowest BCUT2D eigenvalue weighted by atomic mass is 10.1. The molecule has 1 aromatic heterocycles. The van der Waals surface area contributed by atoms with E-state index in [9.17, 15) is 5.11 Å². The molecule has 1 unspecified atom stereocenters. The van der Waals surface area contributed by atoms with E-state index in [0.29, 0.717) is 55.1 Å². The fourth-order valence-corrected chi connectivity index (χ4v) is 3.17. The number of anilines is 2. The second-order valence-electron chi connectivity index (χ2n) is 8.48. The molecule has 9 heteroatoms. The highest BCUT2D eigenvalue weighted by Crippen LogP contribution is 2.30. The van der Waals surface area contributed by atoms with E-state index in [1.54, 1.807) is 0 Å². The third kappa shape index (κ3) is 6.13. The molecule has 0 spiro atoms. The number of aliphatic hydroxyl groups is 1. The van der Waals surface area contributed by atoms with E-state index in [1.165, 1.54) is 6.21 Å². The van der Waals surface area contributed by atoms with Crippen LogP contribution in [0.2, 0.25) is 0 Å². The Kier molecular flexibility index (Phi) is 7.42. The third-order valence-electron chi connectivity index (χ3n) is 4.68.